The van der Waals surface area contributed by atoms with Crippen LogP contribution in [0.3, 0.4) is 0 Å². The van der Waals surface area contributed by atoms with Gasteiger partial charge in [0, 0.05) is 11.6 Å². The molecule has 3 aromatic rings. The second-order valence-electron chi connectivity index (χ2n) is 5.78. The van der Waals surface area contributed by atoms with E-state index in [0.29, 0.717) is 35.2 Å². The minimum atomic E-state index is -0.284. The van der Waals surface area contributed by atoms with Crippen molar-refractivity contribution in [3.05, 3.63) is 40.7 Å². The normalized spacial score (nSPS) is 10.7. The van der Waals surface area contributed by atoms with Gasteiger partial charge >= 0.3 is 0 Å². The summed E-state index contributed by atoms with van der Waals surface area (Å²) in [6.45, 7) is 2.76. The summed E-state index contributed by atoms with van der Waals surface area (Å²) in [7, 11) is 1.61. The summed E-state index contributed by atoms with van der Waals surface area (Å²) in [4.78, 5) is 15.3. The van der Waals surface area contributed by atoms with Gasteiger partial charge in [-0.2, -0.15) is 0 Å². The Morgan fingerprint density at radius 3 is 2.65 bits per heavy atom. The summed E-state index contributed by atoms with van der Waals surface area (Å²) < 4.78 is 11.2. The highest BCUT2D eigenvalue weighted by atomic mass is 16.5. The van der Waals surface area contributed by atoms with E-state index in [9.17, 15) is 4.79 Å². The first-order valence-electron chi connectivity index (χ1n) is 8.51. The van der Waals surface area contributed by atoms with Crippen LogP contribution >= 0.6 is 0 Å². The van der Waals surface area contributed by atoms with Gasteiger partial charge in [0.25, 0.3) is 5.56 Å². The monoisotopic (exact) mass is 355 g/mol. The van der Waals surface area contributed by atoms with Crippen molar-refractivity contribution in [3.63, 3.8) is 0 Å². The van der Waals surface area contributed by atoms with Gasteiger partial charge in [-0.05, 0) is 41.1 Å². The number of pyridine rings is 1. The number of aromatic amines is 2. The van der Waals surface area contributed by atoms with Gasteiger partial charge in [-0.3, -0.25) is 4.79 Å². The Morgan fingerprint density at radius 1 is 1.12 bits per heavy atom. The first-order chi connectivity index (χ1) is 12.7. The zero-order chi connectivity index (χ0) is 18.4. The molecule has 2 heterocycles. The summed E-state index contributed by atoms with van der Waals surface area (Å²) >= 11 is 0. The maximum absolute atomic E-state index is 12.4. The van der Waals surface area contributed by atoms with Crippen molar-refractivity contribution in [1.82, 2.24) is 25.6 Å². The molecule has 136 valence electrons. The van der Waals surface area contributed by atoms with Crippen LogP contribution in [0.25, 0.3) is 22.6 Å². The van der Waals surface area contributed by atoms with Crippen LogP contribution in [0.15, 0.2) is 35.1 Å². The van der Waals surface area contributed by atoms with E-state index in [-0.39, 0.29) is 5.56 Å². The first kappa shape index (κ1) is 17.7. The molecule has 8 nitrogen and oxygen atoms in total. The number of benzene rings is 1. The number of nitrogens with zero attached hydrogens (tertiary/aromatic N) is 3. The topological polar surface area (TPSA) is 106 Å². The molecule has 3 rings (SSSR count). The van der Waals surface area contributed by atoms with Crippen molar-refractivity contribution >= 4 is 0 Å². The fourth-order valence-corrected chi connectivity index (χ4v) is 2.60. The summed E-state index contributed by atoms with van der Waals surface area (Å²) in [5.41, 5.74) is 1.53. The third-order valence-corrected chi connectivity index (χ3v) is 3.99. The van der Waals surface area contributed by atoms with E-state index in [0.717, 1.165) is 24.8 Å². The maximum atomic E-state index is 12.4. The molecule has 0 amide bonds. The molecule has 0 radical (unpaired) electrons. The van der Waals surface area contributed by atoms with Crippen LogP contribution in [-0.2, 0) is 0 Å². The molecule has 0 spiro atoms. The van der Waals surface area contributed by atoms with Gasteiger partial charge in [-0.25, -0.2) is 5.10 Å². The third-order valence-electron chi connectivity index (χ3n) is 3.99. The minimum absolute atomic E-state index is 0.284. The molecular weight excluding hydrogens is 334 g/mol. The Hall–Kier alpha value is -3.16. The number of hydrogen-bond acceptors (Lipinski definition) is 6. The quantitative estimate of drug-likeness (QED) is 0.602. The van der Waals surface area contributed by atoms with E-state index < -0.39 is 0 Å². The molecule has 0 saturated heterocycles. The van der Waals surface area contributed by atoms with Crippen molar-refractivity contribution in [1.29, 1.82) is 0 Å². The Balaban J connectivity index is 1.92. The van der Waals surface area contributed by atoms with E-state index in [4.69, 9.17) is 9.47 Å². The lowest BCUT2D eigenvalue weighted by Gasteiger charge is -2.13. The molecule has 0 atom stereocenters. The lowest BCUT2D eigenvalue weighted by atomic mass is 10.1. The van der Waals surface area contributed by atoms with Gasteiger partial charge in [0.2, 0.25) is 0 Å². The van der Waals surface area contributed by atoms with Crippen LogP contribution in [-0.4, -0.2) is 39.3 Å². The second-order valence-corrected chi connectivity index (χ2v) is 5.78. The van der Waals surface area contributed by atoms with E-state index in [1.807, 2.05) is 18.2 Å². The van der Waals surface area contributed by atoms with E-state index in [2.05, 4.69) is 32.5 Å². The number of hydrogen-bond donors (Lipinski definition) is 2. The number of ether oxygens (including phenoxy) is 2. The molecule has 0 aliphatic carbocycles. The smallest absolute Gasteiger partial charge is 0.259 e. The van der Waals surface area contributed by atoms with Crippen LogP contribution in [0.4, 0.5) is 0 Å². The Labute approximate surface area is 150 Å². The molecule has 0 bridgehead atoms. The van der Waals surface area contributed by atoms with Crippen LogP contribution in [0.1, 0.15) is 26.2 Å². The largest absolute Gasteiger partial charge is 0.497 e. The zero-order valence-corrected chi connectivity index (χ0v) is 14.8. The SMILES string of the molecule is CCCCCOc1cc(OC)ccc1-c1ccc(-c2nnn[nH]2)c(=O)[nH]1. The molecule has 2 N–H and O–H groups in total. The molecule has 2 aromatic heterocycles. The van der Waals surface area contributed by atoms with Gasteiger partial charge in [-0.1, -0.05) is 19.8 Å². The maximum Gasteiger partial charge on any atom is 0.259 e. The number of methoxy groups -OCH3 is 1. The van der Waals surface area contributed by atoms with Crippen molar-refractivity contribution < 1.29 is 9.47 Å². The first-order valence-corrected chi connectivity index (χ1v) is 8.51. The van der Waals surface area contributed by atoms with E-state index in [1.54, 1.807) is 19.2 Å². The van der Waals surface area contributed by atoms with Crippen molar-refractivity contribution in [3.8, 4) is 34.1 Å². The van der Waals surface area contributed by atoms with E-state index >= 15 is 0 Å². The summed E-state index contributed by atoms with van der Waals surface area (Å²) in [5, 5.41) is 13.3. The van der Waals surface area contributed by atoms with Gasteiger partial charge < -0.3 is 14.5 Å². The van der Waals surface area contributed by atoms with Crippen LogP contribution in [0.2, 0.25) is 0 Å². The molecule has 26 heavy (non-hydrogen) atoms. The lowest BCUT2D eigenvalue weighted by molar-refractivity contribution is 0.305. The summed E-state index contributed by atoms with van der Waals surface area (Å²) in [6.07, 6.45) is 3.21. The average molecular weight is 355 g/mol. The molecule has 1 aromatic carbocycles. The fraction of sp³-hybridized carbons (Fsp3) is 0.333. The van der Waals surface area contributed by atoms with Crippen LogP contribution in [0, 0.1) is 0 Å². The summed E-state index contributed by atoms with van der Waals surface area (Å²) in [6, 6.07) is 9.02. The Bertz CT molecular complexity index is 905. The third kappa shape index (κ3) is 3.90. The number of rotatable bonds is 8. The molecule has 0 aliphatic rings. The van der Waals surface area contributed by atoms with Crippen molar-refractivity contribution in [2.24, 2.45) is 0 Å². The highest BCUT2D eigenvalue weighted by Gasteiger charge is 2.13. The highest BCUT2D eigenvalue weighted by molar-refractivity contribution is 5.70. The molecule has 0 unspecified atom stereocenters. The van der Waals surface area contributed by atoms with E-state index in [1.165, 1.54) is 0 Å². The predicted octanol–water partition coefficient (Wildman–Crippen LogP) is 2.80. The van der Waals surface area contributed by atoms with Crippen LogP contribution in [0.5, 0.6) is 11.5 Å². The number of nitrogens with one attached hydrogen (secondary N) is 2. The molecule has 0 fully saturated rings. The second kappa shape index (κ2) is 8.28. The van der Waals surface area contributed by atoms with Gasteiger partial charge in [0.1, 0.15) is 11.5 Å². The van der Waals surface area contributed by atoms with Crippen LogP contribution < -0.4 is 15.0 Å². The molecule has 0 aliphatic heterocycles. The minimum Gasteiger partial charge on any atom is -0.497 e. The zero-order valence-electron chi connectivity index (χ0n) is 14.8. The standard InChI is InChI=1S/C18H21N5O3/c1-3-4-5-10-26-16-11-12(25-2)6-7-13(16)15-9-8-14(18(24)19-15)17-20-22-23-21-17/h6-9,11H,3-5,10H2,1-2H3,(H,19,24)(H,20,21,22,23). The lowest BCUT2D eigenvalue weighted by Crippen LogP contribution is -2.10. The van der Waals surface area contributed by atoms with Crippen molar-refractivity contribution in [2.75, 3.05) is 13.7 Å². The number of tetrazole rings is 1. The average Bonchev–Trinajstić information content (AvgIpc) is 3.19. The fourth-order valence-electron chi connectivity index (χ4n) is 2.60. The molecular formula is C18H21N5O3. The Kier molecular flexibility index (Phi) is 5.62. The summed E-state index contributed by atoms with van der Waals surface area (Å²) in [5.74, 6) is 1.69. The number of aromatic nitrogens is 5. The van der Waals surface area contributed by atoms with Crippen molar-refractivity contribution in [2.45, 2.75) is 26.2 Å². The van der Waals surface area contributed by atoms with Gasteiger partial charge in [0.15, 0.2) is 5.82 Å². The molecule has 0 saturated carbocycles. The van der Waals surface area contributed by atoms with Gasteiger partial charge in [-0.15, -0.1) is 5.10 Å². The Morgan fingerprint density at radius 2 is 1.96 bits per heavy atom. The predicted molar refractivity (Wildman–Crippen MR) is 97.2 cm³/mol. The number of H-pyrrole nitrogens is 2. The molecule has 8 heteroatoms. The van der Waals surface area contributed by atoms with Gasteiger partial charge in [0.05, 0.1) is 25.0 Å². The highest BCUT2D eigenvalue weighted by Crippen LogP contribution is 2.32. The number of unbranched alkanes of at least 4 members (excludes halogenated alkanes) is 2.